The fourth-order valence-electron chi connectivity index (χ4n) is 2.67. The lowest BCUT2D eigenvalue weighted by molar-refractivity contribution is 0.102. The summed E-state index contributed by atoms with van der Waals surface area (Å²) >= 11 is 0. The maximum absolute atomic E-state index is 13.0. The topological polar surface area (TPSA) is 86.5 Å². The maximum atomic E-state index is 13.0. The molecule has 1 amide bonds. The first-order valence-corrected chi connectivity index (χ1v) is 8.71. The summed E-state index contributed by atoms with van der Waals surface area (Å²) < 4.78 is 16.4. The zero-order chi connectivity index (χ0) is 19.2. The normalized spacial score (nSPS) is 10.5. The number of carbonyl (C=O) groups excluding carboxylic acids is 1. The first kappa shape index (κ1) is 18.4. The van der Waals surface area contributed by atoms with Crippen molar-refractivity contribution in [2.45, 2.75) is 20.8 Å². The number of nitrogens with zero attached hydrogens (tertiary/aromatic N) is 2. The van der Waals surface area contributed by atoms with Crippen molar-refractivity contribution in [1.29, 1.82) is 0 Å². The van der Waals surface area contributed by atoms with Crippen molar-refractivity contribution >= 4 is 11.6 Å². The van der Waals surface area contributed by atoms with E-state index in [-0.39, 0.29) is 5.91 Å². The van der Waals surface area contributed by atoms with Crippen molar-refractivity contribution in [2.24, 2.45) is 0 Å². The van der Waals surface area contributed by atoms with E-state index in [0.717, 1.165) is 0 Å². The molecule has 0 fully saturated rings. The molecule has 0 saturated carbocycles. The van der Waals surface area contributed by atoms with Crippen LogP contribution in [-0.2, 0) is 0 Å². The highest BCUT2D eigenvalue weighted by atomic mass is 16.5. The Morgan fingerprint density at radius 1 is 1.19 bits per heavy atom. The number of amides is 1. The quantitative estimate of drug-likeness (QED) is 0.677. The first-order valence-electron chi connectivity index (χ1n) is 8.71. The van der Waals surface area contributed by atoms with Gasteiger partial charge >= 0.3 is 0 Å². The van der Waals surface area contributed by atoms with Crippen LogP contribution in [0.1, 0.15) is 30.0 Å². The smallest absolute Gasteiger partial charge is 0.261 e. The van der Waals surface area contributed by atoms with Gasteiger partial charge in [-0.25, -0.2) is 0 Å². The van der Waals surface area contributed by atoms with Crippen LogP contribution in [0.3, 0.4) is 0 Å². The molecule has 140 valence electrons. The van der Waals surface area contributed by atoms with Crippen molar-refractivity contribution < 1.29 is 18.8 Å². The minimum absolute atomic E-state index is 0.345. The van der Waals surface area contributed by atoms with Crippen LogP contribution in [0.5, 0.6) is 11.5 Å². The molecule has 3 rings (SSSR count). The molecule has 7 heteroatoms. The van der Waals surface area contributed by atoms with E-state index in [1.54, 1.807) is 43.6 Å². The van der Waals surface area contributed by atoms with Crippen LogP contribution in [0.2, 0.25) is 0 Å². The van der Waals surface area contributed by atoms with E-state index in [0.29, 0.717) is 53.0 Å². The molecule has 3 aromatic rings. The van der Waals surface area contributed by atoms with Crippen LogP contribution in [0.4, 0.5) is 5.69 Å². The number of ether oxygens (including phenoxy) is 2. The van der Waals surface area contributed by atoms with Crippen LogP contribution < -0.4 is 14.8 Å². The Kier molecular flexibility index (Phi) is 5.71. The number of hydrogen-bond donors (Lipinski definition) is 1. The highest BCUT2D eigenvalue weighted by molar-refractivity contribution is 6.09. The fourth-order valence-corrected chi connectivity index (χ4v) is 2.67. The highest BCUT2D eigenvalue weighted by Crippen LogP contribution is 2.31. The van der Waals surface area contributed by atoms with E-state index >= 15 is 0 Å². The standard InChI is InChI=1S/C20H21N3O4/c1-4-25-15-8-9-17(26-5-2)16(11-15)22-20(24)18-13(3)27-23-19(18)14-7-6-10-21-12-14/h6-12H,4-5H2,1-3H3,(H,22,24). The zero-order valence-corrected chi connectivity index (χ0v) is 15.5. The van der Waals surface area contributed by atoms with Gasteiger partial charge < -0.3 is 19.3 Å². The molecule has 2 aromatic heterocycles. The SMILES string of the molecule is CCOc1ccc(OCC)c(NC(=O)c2c(-c3cccnc3)noc2C)c1. The lowest BCUT2D eigenvalue weighted by atomic mass is 10.1. The van der Waals surface area contributed by atoms with Crippen LogP contribution in [0.25, 0.3) is 11.3 Å². The molecule has 0 saturated heterocycles. The second kappa shape index (κ2) is 8.35. The Bertz CT molecular complexity index is 922. The molecule has 0 atom stereocenters. The number of aromatic nitrogens is 2. The summed E-state index contributed by atoms with van der Waals surface area (Å²) in [6.07, 6.45) is 3.29. The number of pyridine rings is 1. The van der Waals surface area contributed by atoms with Crippen LogP contribution in [0.15, 0.2) is 47.2 Å². The van der Waals surface area contributed by atoms with Crippen LogP contribution in [0, 0.1) is 6.92 Å². The molecule has 1 aromatic carbocycles. The van der Waals surface area contributed by atoms with Crippen molar-refractivity contribution in [3.05, 3.63) is 54.0 Å². The van der Waals surface area contributed by atoms with Crippen LogP contribution >= 0.6 is 0 Å². The maximum Gasteiger partial charge on any atom is 0.261 e. The molecule has 0 unspecified atom stereocenters. The highest BCUT2D eigenvalue weighted by Gasteiger charge is 2.23. The largest absolute Gasteiger partial charge is 0.494 e. The zero-order valence-electron chi connectivity index (χ0n) is 15.5. The van der Waals surface area contributed by atoms with Gasteiger partial charge in [-0.3, -0.25) is 9.78 Å². The van der Waals surface area contributed by atoms with Gasteiger partial charge in [-0.2, -0.15) is 0 Å². The van der Waals surface area contributed by atoms with Gasteiger partial charge in [0.25, 0.3) is 5.91 Å². The molecule has 0 aliphatic rings. The average Bonchev–Trinajstić information content (AvgIpc) is 3.06. The first-order chi connectivity index (χ1) is 13.1. The molecule has 7 nitrogen and oxygen atoms in total. The molecule has 0 bridgehead atoms. The van der Waals surface area contributed by atoms with Gasteiger partial charge in [0.05, 0.1) is 18.9 Å². The predicted molar refractivity (Wildman–Crippen MR) is 101 cm³/mol. The van der Waals surface area contributed by atoms with E-state index < -0.39 is 0 Å². The summed E-state index contributed by atoms with van der Waals surface area (Å²) in [6.45, 7) is 6.48. The third-order valence-corrected chi connectivity index (χ3v) is 3.83. The summed E-state index contributed by atoms with van der Waals surface area (Å²) in [5.41, 5.74) is 2.02. The van der Waals surface area contributed by atoms with Gasteiger partial charge in [0.2, 0.25) is 0 Å². The Morgan fingerprint density at radius 3 is 2.70 bits per heavy atom. The predicted octanol–water partition coefficient (Wildman–Crippen LogP) is 4.09. The van der Waals surface area contributed by atoms with Crippen molar-refractivity contribution in [1.82, 2.24) is 10.1 Å². The van der Waals surface area contributed by atoms with E-state index in [2.05, 4.69) is 15.5 Å². The molecular formula is C20H21N3O4. The summed E-state index contributed by atoms with van der Waals surface area (Å²) in [5, 5.41) is 6.91. The number of anilines is 1. The Hall–Kier alpha value is -3.35. The Balaban J connectivity index is 1.94. The molecule has 27 heavy (non-hydrogen) atoms. The molecule has 0 aliphatic heterocycles. The number of nitrogens with one attached hydrogen (secondary N) is 1. The minimum Gasteiger partial charge on any atom is -0.494 e. The second-order valence-electron chi connectivity index (χ2n) is 5.68. The monoisotopic (exact) mass is 367 g/mol. The number of benzene rings is 1. The third-order valence-electron chi connectivity index (χ3n) is 3.83. The number of hydrogen-bond acceptors (Lipinski definition) is 6. The minimum atomic E-state index is -0.345. The summed E-state index contributed by atoms with van der Waals surface area (Å²) in [6, 6.07) is 8.91. The van der Waals surface area contributed by atoms with Gasteiger partial charge in [0.1, 0.15) is 28.5 Å². The van der Waals surface area contributed by atoms with E-state index in [1.807, 2.05) is 19.9 Å². The fraction of sp³-hybridized carbons (Fsp3) is 0.250. The molecule has 0 spiro atoms. The third kappa shape index (κ3) is 4.08. The van der Waals surface area contributed by atoms with Crippen molar-refractivity contribution in [3.63, 3.8) is 0 Å². The van der Waals surface area contributed by atoms with Crippen molar-refractivity contribution in [3.8, 4) is 22.8 Å². The lowest BCUT2D eigenvalue weighted by Gasteiger charge is -2.13. The van der Waals surface area contributed by atoms with E-state index in [9.17, 15) is 4.79 Å². The van der Waals surface area contributed by atoms with Gasteiger partial charge in [-0.15, -0.1) is 0 Å². The van der Waals surface area contributed by atoms with Gasteiger partial charge in [-0.1, -0.05) is 5.16 Å². The van der Waals surface area contributed by atoms with E-state index in [1.165, 1.54) is 0 Å². The average molecular weight is 367 g/mol. The second-order valence-corrected chi connectivity index (χ2v) is 5.68. The summed E-state index contributed by atoms with van der Waals surface area (Å²) in [7, 11) is 0. The molecular weight excluding hydrogens is 346 g/mol. The Morgan fingerprint density at radius 2 is 2.00 bits per heavy atom. The molecule has 0 aliphatic carbocycles. The van der Waals surface area contributed by atoms with E-state index in [4.69, 9.17) is 14.0 Å². The lowest BCUT2D eigenvalue weighted by Crippen LogP contribution is -2.14. The van der Waals surface area contributed by atoms with Crippen molar-refractivity contribution in [2.75, 3.05) is 18.5 Å². The number of aryl methyl sites for hydroxylation is 1. The number of carbonyl (C=O) groups is 1. The summed E-state index contributed by atoms with van der Waals surface area (Å²) in [4.78, 5) is 17.1. The van der Waals surface area contributed by atoms with Gasteiger partial charge in [0.15, 0.2) is 0 Å². The van der Waals surface area contributed by atoms with Gasteiger partial charge in [-0.05, 0) is 45.0 Å². The Labute approximate surface area is 157 Å². The molecule has 1 N–H and O–H groups in total. The van der Waals surface area contributed by atoms with Gasteiger partial charge in [0, 0.05) is 24.0 Å². The van der Waals surface area contributed by atoms with Crippen LogP contribution in [-0.4, -0.2) is 29.3 Å². The number of rotatable bonds is 7. The molecule has 2 heterocycles. The summed E-state index contributed by atoms with van der Waals surface area (Å²) in [5.74, 6) is 1.28. The molecule has 0 radical (unpaired) electrons.